The minimum Gasteiger partial charge on any atom is -0.454 e. The third-order valence-corrected chi connectivity index (χ3v) is 3.93. The Balaban J connectivity index is 1.51. The van der Waals surface area contributed by atoms with Gasteiger partial charge in [-0.05, 0) is 54.9 Å². The molecule has 1 heterocycles. The van der Waals surface area contributed by atoms with Crippen LogP contribution in [0.4, 0.5) is 0 Å². The molecule has 0 fully saturated rings. The number of nitrogens with zero attached hydrogens (tertiary/aromatic N) is 1. The largest absolute Gasteiger partial charge is 0.454 e. The van der Waals surface area contributed by atoms with Gasteiger partial charge in [0.2, 0.25) is 6.79 Å². The summed E-state index contributed by atoms with van der Waals surface area (Å²) in [5.74, 6) is 1.54. The number of hydrogen-bond acceptors (Lipinski definition) is 4. The molecule has 24 heavy (non-hydrogen) atoms. The van der Waals surface area contributed by atoms with Gasteiger partial charge >= 0.3 is 0 Å². The number of ether oxygens (including phenoxy) is 2. The van der Waals surface area contributed by atoms with Gasteiger partial charge in [-0.2, -0.15) is 5.10 Å². The fourth-order valence-corrected chi connectivity index (χ4v) is 2.46. The van der Waals surface area contributed by atoms with Gasteiger partial charge in [-0.15, -0.1) is 0 Å². The van der Waals surface area contributed by atoms with Crippen LogP contribution < -0.4 is 20.2 Å². The van der Waals surface area contributed by atoms with Crippen LogP contribution in [0.3, 0.4) is 0 Å². The highest BCUT2D eigenvalue weighted by Gasteiger charge is 2.12. The third kappa shape index (κ3) is 4.02. The number of aryl methyl sites for hydroxylation is 2. The van der Waals surface area contributed by atoms with Gasteiger partial charge in [-0.3, -0.25) is 5.43 Å². The summed E-state index contributed by atoms with van der Waals surface area (Å²) in [5, 5.41) is 7.77. The fourth-order valence-electron chi connectivity index (χ4n) is 2.33. The molecule has 2 aromatic rings. The molecule has 0 saturated carbocycles. The number of rotatable bonds is 4. The van der Waals surface area contributed by atoms with Crippen LogP contribution in [-0.2, 0) is 6.54 Å². The highest BCUT2D eigenvalue weighted by atomic mass is 32.1. The first-order valence-corrected chi connectivity index (χ1v) is 8.05. The lowest BCUT2D eigenvalue weighted by atomic mass is 10.1. The lowest BCUT2D eigenvalue weighted by molar-refractivity contribution is 0.174. The first kappa shape index (κ1) is 16.3. The summed E-state index contributed by atoms with van der Waals surface area (Å²) < 4.78 is 10.7. The van der Waals surface area contributed by atoms with Crippen LogP contribution in [0.2, 0.25) is 0 Å². The van der Waals surface area contributed by atoms with Crippen molar-refractivity contribution in [1.29, 1.82) is 0 Å². The Labute approximate surface area is 146 Å². The summed E-state index contributed by atoms with van der Waals surface area (Å²) in [7, 11) is 0. The zero-order chi connectivity index (χ0) is 16.9. The molecule has 2 N–H and O–H groups in total. The van der Waals surface area contributed by atoms with Crippen molar-refractivity contribution in [1.82, 2.24) is 10.7 Å². The summed E-state index contributed by atoms with van der Waals surface area (Å²) in [6, 6.07) is 12.1. The first-order chi connectivity index (χ1) is 11.6. The van der Waals surface area contributed by atoms with Gasteiger partial charge in [0.15, 0.2) is 16.6 Å². The van der Waals surface area contributed by atoms with Crippen LogP contribution in [0.5, 0.6) is 11.5 Å². The van der Waals surface area contributed by atoms with E-state index in [0.717, 1.165) is 22.6 Å². The molecule has 3 rings (SSSR count). The molecule has 0 aromatic heterocycles. The Morgan fingerprint density at radius 2 is 2.00 bits per heavy atom. The molecule has 0 spiro atoms. The van der Waals surface area contributed by atoms with E-state index in [2.05, 4.69) is 47.9 Å². The van der Waals surface area contributed by atoms with Crippen molar-refractivity contribution in [2.75, 3.05) is 6.79 Å². The topological polar surface area (TPSA) is 54.9 Å². The molecule has 0 amide bonds. The number of thiocarbonyl (C=S) groups is 1. The zero-order valence-corrected chi connectivity index (χ0v) is 14.4. The molecule has 0 radical (unpaired) electrons. The minimum absolute atomic E-state index is 0.277. The van der Waals surface area contributed by atoms with Crippen molar-refractivity contribution >= 4 is 23.5 Å². The molecule has 0 unspecified atom stereocenters. The molecule has 124 valence electrons. The monoisotopic (exact) mass is 341 g/mol. The Morgan fingerprint density at radius 1 is 1.17 bits per heavy atom. The first-order valence-electron chi connectivity index (χ1n) is 7.64. The predicted octanol–water partition coefficient (Wildman–Crippen LogP) is 3.03. The normalized spacial score (nSPS) is 12.4. The maximum absolute atomic E-state index is 5.36. The van der Waals surface area contributed by atoms with E-state index in [1.807, 2.05) is 18.2 Å². The lowest BCUT2D eigenvalue weighted by Crippen LogP contribution is -2.31. The van der Waals surface area contributed by atoms with Gasteiger partial charge in [0.05, 0.1) is 6.21 Å². The second-order valence-electron chi connectivity index (χ2n) is 5.60. The second-order valence-corrected chi connectivity index (χ2v) is 6.01. The molecule has 1 aliphatic heterocycles. The van der Waals surface area contributed by atoms with E-state index in [9.17, 15) is 0 Å². The van der Waals surface area contributed by atoms with E-state index >= 15 is 0 Å². The van der Waals surface area contributed by atoms with E-state index in [-0.39, 0.29) is 6.79 Å². The quantitative estimate of drug-likeness (QED) is 0.509. The average molecular weight is 341 g/mol. The van der Waals surface area contributed by atoms with Gasteiger partial charge in [0.25, 0.3) is 0 Å². The average Bonchev–Trinajstić information content (AvgIpc) is 3.04. The van der Waals surface area contributed by atoms with E-state index in [0.29, 0.717) is 11.7 Å². The Hall–Kier alpha value is -2.60. The molecule has 2 aromatic carbocycles. The van der Waals surface area contributed by atoms with Crippen molar-refractivity contribution in [2.45, 2.75) is 20.4 Å². The number of hydrazone groups is 1. The molecule has 6 heteroatoms. The summed E-state index contributed by atoms with van der Waals surface area (Å²) in [6.45, 7) is 4.97. The third-order valence-electron chi connectivity index (χ3n) is 3.69. The summed E-state index contributed by atoms with van der Waals surface area (Å²) in [6.07, 6.45) is 1.77. The van der Waals surface area contributed by atoms with Crippen LogP contribution in [0.15, 0.2) is 41.5 Å². The molecule has 5 nitrogen and oxygen atoms in total. The van der Waals surface area contributed by atoms with E-state index in [4.69, 9.17) is 21.7 Å². The maximum atomic E-state index is 5.36. The number of benzene rings is 2. The summed E-state index contributed by atoms with van der Waals surface area (Å²) >= 11 is 5.23. The molecule has 0 aliphatic carbocycles. The summed E-state index contributed by atoms with van der Waals surface area (Å²) in [5.41, 5.74) is 7.33. The van der Waals surface area contributed by atoms with E-state index in [1.54, 1.807) is 6.21 Å². The van der Waals surface area contributed by atoms with Crippen molar-refractivity contribution in [2.24, 2.45) is 5.10 Å². The smallest absolute Gasteiger partial charge is 0.231 e. The van der Waals surface area contributed by atoms with Crippen molar-refractivity contribution in [3.05, 3.63) is 58.7 Å². The van der Waals surface area contributed by atoms with Crippen LogP contribution >= 0.6 is 12.2 Å². The molecular formula is C18H19N3O2S. The minimum atomic E-state index is 0.277. The Morgan fingerprint density at radius 3 is 2.88 bits per heavy atom. The molecule has 0 saturated heterocycles. The fraction of sp³-hybridized carbons (Fsp3) is 0.222. The van der Waals surface area contributed by atoms with Gasteiger partial charge < -0.3 is 14.8 Å². The predicted molar refractivity (Wildman–Crippen MR) is 98.6 cm³/mol. The van der Waals surface area contributed by atoms with Gasteiger partial charge in [0.1, 0.15) is 0 Å². The Kier molecular flexibility index (Phi) is 4.96. The van der Waals surface area contributed by atoms with Crippen LogP contribution in [0.1, 0.15) is 22.3 Å². The molecule has 0 atom stereocenters. The van der Waals surface area contributed by atoms with Gasteiger partial charge in [0, 0.05) is 6.54 Å². The van der Waals surface area contributed by atoms with Crippen molar-refractivity contribution < 1.29 is 9.47 Å². The lowest BCUT2D eigenvalue weighted by Gasteiger charge is -2.08. The maximum Gasteiger partial charge on any atom is 0.231 e. The van der Waals surface area contributed by atoms with Crippen LogP contribution in [-0.4, -0.2) is 18.1 Å². The highest BCUT2D eigenvalue weighted by molar-refractivity contribution is 7.80. The number of hydrogen-bond donors (Lipinski definition) is 2. The Bertz CT molecular complexity index is 790. The van der Waals surface area contributed by atoms with Gasteiger partial charge in [-0.25, -0.2) is 0 Å². The standard InChI is InChI=1S/C18H19N3O2S/c1-12-3-4-13(2)15(7-12)10-20-21-18(24)19-9-14-5-6-16-17(8-14)23-11-22-16/h3-8,10H,9,11H2,1-2H3,(H2,19,21,24)/b20-10-. The molecular weight excluding hydrogens is 322 g/mol. The highest BCUT2D eigenvalue weighted by Crippen LogP contribution is 2.32. The van der Waals surface area contributed by atoms with E-state index < -0.39 is 0 Å². The van der Waals surface area contributed by atoms with Crippen LogP contribution in [0, 0.1) is 13.8 Å². The second kappa shape index (κ2) is 7.31. The zero-order valence-electron chi connectivity index (χ0n) is 13.6. The van der Waals surface area contributed by atoms with Crippen molar-refractivity contribution in [3.63, 3.8) is 0 Å². The SMILES string of the molecule is Cc1ccc(C)c(/C=N\NC(=S)NCc2ccc3c(c2)OCO3)c1. The molecule has 1 aliphatic rings. The van der Waals surface area contributed by atoms with Gasteiger partial charge in [-0.1, -0.05) is 29.8 Å². The number of nitrogens with one attached hydrogen (secondary N) is 2. The number of fused-ring (bicyclic) bond motifs is 1. The molecule has 0 bridgehead atoms. The van der Waals surface area contributed by atoms with Crippen molar-refractivity contribution in [3.8, 4) is 11.5 Å². The summed E-state index contributed by atoms with van der Waals surface area (Å²) in [4.78, 5) is 0. The van der Waals surface area contributed by atoms with Crippen LogP contribution in [0.25, 0.3) is 0 Å². The van der Waals surface area contributed by atoms with E-state index in [1.165, 1.54) is 11.1 Å².